The molecule has 0 amide bonds. The molecule has 0 saturated carbocycles. The van der Waals surface area contributed by atoms with Crippen LogP contribution in [0, 0.1) is 0 Å². The van der Waals surface area contributed by atoms with E-state index in [-0.39, 0.29) is 6.04 Å². The second kappa shape index (κ2) is 9.16. The molecule has 3 nitrogen and oxygen atoms in total. The highest BCUT2D eigenvalue weighted by Crippen LogP contribution is 2.39. The van der Waals surface area contributed by atoms with Gasteiger partial charge in [0.15, 0.2) is 8.15 Å². The highest BCUT2D eigenvalue weighted by Gasteiger charge is 2.25. The minimum atomic E-state index is -1.02. The first kappa shape index (κ1) is 19.5. The Kier molecular flexibility index (Phi) is 5.77. The zero-order valence-corrected chi connectivity index (χ0v) is 17.9. The summed E-state index contributed by atoms with van der Waals surface area (Å²) in [6.45, 7) is 0.541. The third-order valence-electron chi connectivity index (χ3n) is 5.12. The molecule has 0 aromatic heterocycles. The van der Waals surface area contributed by atoms with Gasteiger partial charge in [0.25, 0.3) is 0 Å². The summed E-state index contributed by atoms with van der Waals surface area (Å²) in [7, 11) is -1.02. The number of ether oxygens (including phenoxy) is 1. The maximum atomic E-state index is 6.68. The Balaban J connectivity index is 1.49. The molecular weight excluding hydrogens is 401 g/mol. The van der Waals surface area contributed by atoms with Crippen molar-refractivity contribution in [3.05, 3.63) is 126 Å². The average molecular weight is 423 g/mol. The van der Waals surface area contributed by atoms with E-state index in [4.69, 9.17) is 14.3 Å². The van der Waals surface area contributed by atoms with Crippen LogP contribution in [0.4, 0.5) is 0 Å². The van der Waals surface area contributed by atoms with Gasteiger partial charge in [-0.3, -0.25) is 0 Å². The molecule has 4 aromatic rings. The van der Waals surface area contributed by atoms with Gasteiger partial charge in [-0.15, -0.1) is 0 Å². The topological polar surface area (TPSA) is 30.8 Å². The van der Waals surface area contributed by atoms with E-state index in [0.29, 0.717) is 12.5 Å². The molecule has 152 valence electrons. The van der Waals surface area contributed by atoms with E-state index in [9.17, 15) is 0 Å². The zero-order chi connectivity index (χ0) is 20.9. The second-order valence-corrected chi connectivity index (χ2v) is 9.03. The van der Waals surface area contributed by atoms with Gasteiger partial charge in [-0.05, 0) is 17.7 Å². The normalized spacial score (nSPS) is 15.4. The van der Waals surface area contributed by atoms with Crippen molar-refractivity contribution in [1.82, 2.24) is 0 Å². The lowest BCUT2D eigenvalue weighted by atomic mass is 10.1. The summed E-state index contributed by atoms with van der Waals surface area (Å²) in [4.78, 5) is 4.86. The zero-order valence-electron chi connectivity index (χ0n) is 17.0. The Morgan fingerprint density at radius 2 is 1.23 bits per heavy atom. The molecule has 0 fully saturated rings. The predicted octanol–water partition coefficient (Wildman–Crippen LogP) is 5.63. The fourth-order valence-electron chi connectivity index (χ4n) is 3.57. The summed E-state index contributed by atoms with van der Waals surface area (Å²) in [6, 6.07) is 39.0. The molecular formula is C27H22NO2P. The van der Waals surface area contributed by atoms with Crippen molar-refractivity contribution in [2.45, 2.75) is 6.04 Å². The van der Waals surface area contributed by atoms with Gasteiger partial charge in [0.2, 0.25) is 5.90 Å². The van der Waals surface area contributed by atoms with Crippen LogP contribution in [0.5, 0.6) is 5.75 Å². The standard InChI is InChI=1S/C27H22NO2P/c1-4-12-21(13-5-1)25-20-29-27(28-25)24-18-10-11-19-26(24)30-31(22-14-6-2-7-15-22)23-16-8-3-9-17-23/h1-19,25H,20H2/t25-/m1/s1. The summed E-state index contributed by atoms with van der Waals surface area (Å²) in [5, 5.41) is 2.32. The van der Waals surface area contributed by atoms with Gasteiger partial charge in [0, 0.05) is 10.6 Å². The van der Waals surface area contributed by atoms with Gasteiger partial charge < -0.3 is 9.26 Å². The van der Waals surface area contributed by atoms with Crippen LogP contribution < -0.4 is 15.1 Å². The van der Waals surface area contributed by atoms with Crippen molar-refractivity contribution in [2.24, 2.45) is 4.99 Å². The molecule has 0 N–H and O–H groups in total. The van der Waals surface area contributed by atoms with Crippen molar-refractivity contribution in [3.8, 4) is 5.75 Å². The number of aliphatic imine (C=N–C) groups is 1. The van der Waals surface area contributed by atoms with Crippen LogP contribution in [-0.4, -0.2) is 12.5 Å². The molecule has 5 rings (SSSR count). The van der Waals surface area contributed by atoms with Gasteiger partial charge in [-0.2, -0.15) is 0 Å². The van der Waals surface area contributed by atoms with Crippen molar-refractivity contribution >= 4 is 24.7 Å². The molecule has 0 unspecified atom stereocenters. The van der Waals surface area contributed by atoms with Gasteiger partial charge in [-0.1, -0.05) is 103 Å². The highest BCUT2D eigenvalue weighted by atomic mass is 31.1. The number of hydrogen-bond donors (Lipinski definition) is 0. The summed E-state index contributed by atoms with van der Waals surface area (Å²) < 4.78 is 12.7. The second-order valence-electron chi connectivity index (χ2n) is 7.22. The lowest BCUT2D eigenvalue weighted by molar-refractivity contribution is 0.319. The molecule has 4 heteroatoms. The monoisotopic (exact) mass is 423 g/mol. The first-order valence-corrected chi connectivity index (χ1v) is 11.6. The third kappa shape index (κ3) is 4.38. The number of benzene rings is 4. The minimum absolute atomic E-state index is 0.00835. The molecule has 0 saturated heterocycles. The molecule has 1 heterocycles. The van der Waals surface area contributed by atoms with Crippen LogP contribution in [0.3, 0.4) is 0 Å². The molecule has 0 bridgehead atoms. The third-order valence-corrected chi connectivity index (χ3v) is 7.04. The van der Waals surface area contributed by atoms with E-state index in [1.54, 1.807) is 0 Å². The summed E-state index contributed by atoms with van der Waals surface area (Å²) in [5.41, 5.74) is 2.05. The summed E-state index contributed by atoms with van der Waals surface area (Å²) >= 11 is 0. The van der Waals surface area contributed by atoms with Gasteiger partial charge >= 0.3 is 0 Å². The van der Waals surface area contributed by atoms with Gasteiger partial charge in [0.05, 0.1) is 5.56 Å². The Bertz CT molecular complexity index is 1120. The molecule has 0 aliphatic carbocycles. The van der Waals surface area contributed by atoms with E-state index < -0.39 is 8.15 Å². The number of rotatable bonds is 6. The first-order chi connectivity index (χ1) is 15.4. The minimum Gasteiger partial charge on any atom is -0.475 e. The Hall–Kier alpha value is -3.42. The maximum absolute atomic E-state index is 6.68. The van der Waals surface area contributed by atoms with Crippen LogP contribution in [0.2, 0.25) is 0 Å². The van der Waals surface area contributed by atoms with Crippen LogP contribution >= 0.6 is 8.15 Å². The van der Waals surface area contributed by atoms with Crippen molar-refractivity contribution < 1.29 is 9.26 Å². The quantitative estimate of drug-likeness (QED) is 0.376. The smallest absolute Gasteiger partial charge is 0.220 e. The molecule has 1 atom stereocenters. The number of para-hydroxylation sites is 1. The lowest BCUT2D eigenvalue weighted by Gasteiger charge is -2.21. The van der Waals surface area contributed by atoms with Crippen molar-refractivity contribution in [1.29, 1.82) is 0 Å². The number of hydrogen-bond acceptors (Lipinski definition) is 3. The van der Waals surface area contributed by atoms with Crippen molar-refractivity contribution in [3.63, 3.8) is 0 Å². The largest absolute Gasteiger partial charge is 0.475 e. The van der Waals surface area contributed by atoms with Crippen LogP contribution in [0.15, 0.2) is 120 Å². The van der Waals surface area contributed by atoms with Crippen LogP contribution in [-0.2, 0) is 4.74 Å². The van der Waals surface area contributed by atoms with E-state index in [0.717, 1.165) is 27.5 Å². The van der Waals surface area contributed by atoms with Crippen molar-refractivity contribution in [2.75, 3.05) is 6.61 Å². The molecule has 1 aliphatic rings. The Morgan fingerprint density at radius 1 is 0.677 bits per heavy atom. The van der Waals surface area contributed by atoms with Crippen LogP contribution in [0.1, 0.15) is 17.2 Å². The Labute approximate surface area is 183 Å². The van der Waals surface area contributed by atoms with E-state index in [1.165, 1.54) is 0 Å². The molecule has 0 spiro atoms. The summed E-state index contributed by atoms with van der Waals surface area (Å²) in [6.07, 6.45) is 0. The van der Waals surface area contributed by atoms with E-state index >= 15 is 0 Å². The molecule has 31 heavy (non-hydrogen) atoms. The SMILES string of the molecule is c1ccc([C@H]2COC(c3ccccc3OP(c3ccccc3)c3ccccc3)=N2)cc1. The predicted molar refractivity (Wildman–Crippen MR) is 128 cm³/mol. The maximum Gasteiger partial charge on any atom is 0.220 e. The summed E-state index contributed by atoms with van der Waals surface area (Å²) in [5.74, 6) is 1.43. The molecule has 1 aliphatic heterocycles. The highest BCUT2D eigenvalue weighted by molar-refractivity contribution is 7.68. The number of nitrogens with zero attached hydrogens (tertiary/aromatic N) is 1. The average Bonchev–Trinajstić information content (AvgIpc) is 3.35. The molecule has 4 aromatic carbocycles. The lowest BCUT2D eigenvalue weighted by Crippen LogP contribution is -2.16. The Morgan fingerprint density at radius 3 is 1.87 bits per heavy atom. The van der Waals surface area contributed by atoms with E-state index in [1.807, 2.05) is 54.6 Å². The molecule has 0 radical (unpaired) electrons. The fraction of sp³-hybridized carbons (Fsp3) is 0.0741. The van der Waals surface area contributed by atoms with Gasteiger partial charge in [-0.25, -0.2) is 4.99 Å². The first-order valence-electron chi connectivity index (χ1n) is 10.3. The van der Waals surface area contributed by atoms with E-state index in [2.05, 4.69) is 60.7 Å². The van der Waals surface area contributed by atoms with Gasteiger partial charge in [0.1, 0.15) is 18.4 Å². The van der Waals surface area contributed by atoms with Crippen LogP contribution in [0.25, 0.3) is 0 Å². The fourth-order valence-corrected chi connectivity index (χ4v) is 5.32.